The summed E-state index contributed by atoms with van der Waals surface area (Å²) in [6, 6.07) is 16.7. The minimum absolute atomic E-state index is 0.0221. The topological polar surface area (TPSA) is 67.8 Å². The lowest BCUT2D eigenvalue weighted by atomic mass is 9.99. The van der Waals surface area contributed by atoms with Crippen LogP contribution in [0.25, 0.3) is 0 Å². The van der Waals surface area contributed by atoms with Crippen molar-refractivity contribution >= 4 is 5.97 Å². The molecular formula is C20H25NO4. The van der Waals surface area contributed by atoms with Gasteiger partial charge in [-0.25, -0.2) is 0 Å². The summed E-state index contributed by atoms with van der Waals surface area (Å²) in [6.45, 7) is 3.42. The third-order valence-corrected chi connectivity index (χ3v) is 4.07. The molecule has 134 valence electrons. The van der Waals surface area contributed by atoms with Crippen molar-refractivity contribution < 1.29 is 19.4 Å². The number of benzene rings is 2. The number of methoxy groups -OCH3 is 1. The predicted molar refractivity (Wildman–Crippen MR) is 96.4 cm³/mol. The largest absolute Gasteiger partial charge is 0.496 e. The maximum absolute atomic E-state index is 11.2. The van der Waals surface area contributed by atoms with E-state index in [0.717, 1.165) is 5.56 Å². The van der Waals surface area contributed by atoms with Crippen LogP contribution in [0.3, 0.4) is 0 Å². The number of esters is 1. The molecule has 2 N–H and O–H groups in total. The molecule has 0 unspecified atom stereocenters. The van der Waals surface area contributed by atoms with Gasteiger partial charge in [-0.1, -0.05) is 48.5 Å². The van der Waals surface area contributed by atoms with E-state index in [9.17, 15) is 9.90 Å². The molecule has 2 aromatic carbocycles. The van der Waals surface area contributed by atoms with Crippen molar-refractivity contribution in [1.29, 1.82) is 0 Å². The quantitative estimate of drug-likeness (QED) is 0.721. The fourth-order valence-electron chi connectivity index (χ4n) is 2.72. The highest BCUT2D eigenvalue weighted by Crippen LogP contribution is 2.28. The van der Waals surface area contributed by atoms with Crippen LogP contribution in [-0.4, -0.2) is 30.8 Å². The van der Waals surface area contributed by atoms with Gasteiger partial charge in [0, 0.05) is 18.5 Å². The molecule has 0 radical (unpaired) electrons. The first-order valence-corrected chi connectivity index (χ1v) is 8.28. The Morgan fingerprint density at radius 1 is 1.12 bits per heavy atom. The van der Waals surface area contributed by atoms with Crippen molar-refractivity contribution in [2.75, 3.05) is 13.7 Å². The second-order valence-corrected chi connectivity index (χ2v) is 5.89. The number of aliphatic hydroxyl groups is 1. The van der Waals surface area contributed by atoms with Gasteiger partial charge in [0.05, 0.1) is 13.2 Å². The van der Waals surface area contributed by atoms with E-state index in [1.807, 2.05) is 49.4 Å². The first-order valence-electron chi connectivity index (χ1n) is 8.28. The summed E-state index contributed by atoms with van der Waals surface area (Å²) >= 11 is 0. The van der Waals surface area contributed by atoms with E-state index >= 15 is 0 Å². The molecule has 5 nitrogen and oxygen atoms in total. The molecule has 2 aromatic rings. The van der Waals surface area contributed by atoms with E-state index in [4.69, 9.17) is 9.47 Å². The molecule has 0 aliphatic heterocycles. The zero-order valence-corrected chi connectivity index (χ0v) is 14.8. The number of carbonyl (C=O) groups is 1. The van der Waals surface area contributed by atoms with Crippen LogP contribution in [0, 0.1) is 0 Å². The second-order valence-electron chi connectivity index (χ2n) is 5.89. The molecule has 3 atom stereocenters. The van der Waals surface area contributed by atoms with Gasteiger partial charge in [0.2, 0.25) is 0 Å². The van der Waals surface area contributed by atoms with E-state index in [1.54, 1.807) is 19.2 Å². The molecule has 0 saturated carbocycles. The highest BCUT2D eigenvalue weighted by atomic mass is 16.5. The number of nitrogens with one attached hydrogen (secondary N) is 1. The van der Waals surface area contributed by atoms with E-state index in [2.05, 4.69) is 5.32 Å². The van der Waals surface area contributed by atoms with E-state index in [1.165, 1.54) is 6.92 Å². The van der Waals surface area contributed by atoms with Gasteiger partial charge in [-0.05, 0) is 18.6 Å². The lowest BCUT2D eigenvalue weighted by Gasteiger charge is -2.28. The van der Waals surface area contributed by atoms with Gasteiger partial charge in [-0.2, -0.15) is 0 Å². The minimum Gasteiger partial charge on any atom is -0.496 e. The highest BCUT2D eigenvalue weighted by molar-refractivity contribution is 5.65. The van der Waals surface area contributed by atoms with Crippen molar-refractivity contribution in [1.82, 2.24) is 5.32 Å². The van der Waals surface area contributed by atoms with Crippen LogP contribution in [0.4, 0.5) is 0 Å². The van der Waals surface area contributed by atoms with Crippen molar-refractivity contribution in [3.8, 4) is 5.75 Å². The molecule has 0 aliphatic rings. The maximum atomic E-state index is 11.2. The van der Waals surface area contributed by atoms with Crippen molar-refractivity contribution in [2.24, 2.45) is 0 Å². The van der Waals surface area contributed by atoms with Crippen LogP contribution in [0.1, 0.15) is 37.1 Å². The number of hydrogen-bond acceptors (Lipinski definition) is 5. The van der Waals surface area contributed by atoms with Gasteiger partial charge in [-0.15, -0.1) is 0 Å². The first-order chi connectivity index (χ1) is 12.0. The number of rotatable bonds is 8. The highest BCUT2D eigenvalue weighted by Gasteiger charge is 2.26. The van der Waals surface area contributed by atoms with Crippen molar-refractivity contribution in [2.45, 2.75) is 32.0 Å². The van der Waals surface area contributed by atoms with Crippen LogP contribution in [-0.2, 0) is 9.53 Å². The molecule has 0 aromatic heterocycles. The smallest absolute Gasteiger partial charge is 0.302 e. The zero-order valence-electron chi connectivity index (χ0n) is 14.8. The van der Waals surface area contributed by atoms with E-state index in [0.29, 0.717) is 11.3 Å². The van der Waals surface area contributed by atoms with E-state index in [-0.39, 0.29) is 18.6 Å². The number of ether oxygens (including phenoxy) is 2. The monoisotopic (exact) mass is 343 g/mol. The fourth-order valence-corrected chi connectivity index (χ4v) is 2.72. The summed E-state index contributed by atoms with van der Waals surface area (Å²) in [5.74, 6) is 0.211. The standard InChI is InChI=1S/C20H25NO4/c1-14(16-9-5-4-6-10-16)21-18(13-25-15(2)22)20(23)17-11-7-8-12-19(17)24-3/h4-12,14,18,20-21,23H,13H2,1-3H3/t14-,18+,20+/m0/s1. The Balaban J connectivity index is 2.20. The summed E-state index contributed by atoms with van der Waals surface area (Å²) in [5.41, 5.74) is 1.73. The number of aliphatic hydroxyl groups excluding tert-OH is 1. The molecule has 0 aliphatic carbocycles. The van der Waals surface area contributed by atoms with Gasteiger partial charge in [0.25, 0.3) is 0 Å². The van der Waals surface area contributed by atoms with Gasteiger partial charge < -0.3 is 19.9 Å². The molecule has 25 heavy (non-hydrogen) atoms. The summed E-state index contributed by atoms with van der Waals surface area (Å²) < 4.78 is 10.5. The summed E-state index contributed by atoms with van der Waals surface area (Å²) in [4.78, 5) is 11.2. The lowest BCUT2D eigenvalue weighted by molar-refractivity contribution is -0.142. The Kier molecular flexibility index (Phi) is 6.98. The lowest BCUT2D eigenvalue weighted by Crippen LogP contribution is -2.41. The first kappa shape index (κ1) is 19.0. The van der Waals surface area contributed by atoms with E-state index < -0.39 is 12.1 Å². The van der Waals surface area contributed by atoms with Gasteiger partial charge in [0.1, 0.15) is 18.5 Å². The van der Waals surface area contributed by atoms with Crippen LogP contribution >= 0.6 is 0 Å². The molecule has 0 saturated heterocycles. The third kappa shape index (κ3) is 5.31. The third-order valence-electron chi connectivity index (χ3n) is 4.07. The predicted octanol–water partition coefficient (Wildman–Crippen LogP) is 3.01. The maximum Gasteiger partial charge on any atom is 0.302 e. The van der Waals surface area contributed by atoms with Crippen LogP contribution < -0.4 is 10.1 Å². The zero-order chi connectivity index (χ0) is 18.2. The molecule has 0 heterocycles. The Labute approximate surface area is 148 Å². The van der Waals surface area contributed by atoms with Crippen LogP contribution in [0.15, 0.2) is 54.6 Å². The number of carbonyl (C=O) groups excluding carboxylic acids is 1. The van der Waals surface area contributed by atoms with Crippen molar-refractivity contribution in [3.63, 3.8) is 0 Å². The fraction of sp³-hybridized carbons (Fsp3) is 0.350. The Morgan fingerprint density at radius 2 is 1.76 bits per heavy atom. The van der Waals surface area contributed by atoms with Gasteiger partial charge in [0.15, 0.2) is 0 Å². The SMILES string of the molecule is COc1ccccc1[C@@H](O)[C@@H](COC(C)=O)N[C@@H](C)c1ccccc1. The molecule has 0 fully saturated rings. The van der Waals surface area contributed by atoms with Crippen molar-refractivity contribution in [3.05, 3.63) is 65.7 Å². The molecule has 5 heteroatoms. The molecule has 0 spiro atoms. The van der Waals surface area contributed by atoms with Crippen LogP contribution in [0.2, 0.25) is 0 Å². The summed E-state index contributed by atoms with van der Waals surface area (Å²) in [6.07, 6.45) is -0.887. The second kappa shape index (κ2) is 9.20. The Morgan fingerprint density at radius 3 is 2.40 bits per heavy atom. The average Bonchev–Trinajstić information content (AvgIpc) is 2.64. The number of para-hydroxylation sites is 1. The molecular weight excluding hydrogens is 318 g/mol. The summed E-state index contributed by atoms with van der Waals surface area (Å²) in [7, 11) is 1.56. The number of hydrogen-bond donors (Lipinski definition) is 2. The van der Waals surface area contributed by atoms with Crippen LogP contribution in [0.5, 0.6) is 5.75 Å². The Bertz CT molecular complexity index is 674. The van der Waals surface area contributed by atoms with Gasteiger partial charge in [-0.3, -0.25) is 4.79 Å². The molecule has 0 amide bonds. The molecule has 2 rings (SSSR count). The average molecular weight is 343 g/mol. The van der Waals surface area contributed by atoms with Gasteiger partial charge >= 0.3 is 5.97 Å². The minimum atomic E-state index is -0.887. The normalized spacial score (nSPS) is 14.4. The molecule has 0 bridgehead atoms. The summed E-state index contributed by atoms with van der Waals surface area (Å²) in [5, 5.41) is 14.2. The Hall–Kier alpha value is -2.37.